The van der Waals surface area contributed by atoms with Crippen molar-refractivity contribution in [2.45, 2.75) is 17.6 Å². The van der Waals surface area contributed by atoms with Crippen molar-refractivity contribution >= 4 is 56.6 Å². The van der Waals surface area contributed by atoms with Crippen molar-refractivity contribution in [3.63, 3.8) is 0 Å². The van der Waals surface area contributed by atoms with E-state index in [9.17, 15) is 13.2 Å². The van der Waals surface area contributed by atoms with Crippen LogP contribution in [-0.2, 0) is 20.6 Å². The Hall–Kier alpha value is -2.13. The molecule has 1 N–H and O–H groups in total. The number of thioether (sulfide) groups is 1. The molecule has 0 aliphatic rings. The van der Waals surface area contributed by atoms with Crippen LogP contribution in [0, 0.1) is 6.92 Å². The molecule has 0 atom stereocenters. The van der Waals surface area contributed by atoms with Gasteiger partial charge in [-0.05, 0) is 49.4 Å². The first-order valence-electron chi connectivity index (χ1n) is 9.68. The molecule has 0 radical (unpaired) electrons. The highest BCUT2D eigenvalue weighted by Gasteiger charge is 2.27. The quantitative estimate of drug-likeness (QED) is 0.380. The van der Waals surface area contributed by atoms with Crippen molar-refractivity contribution < 1.29 is 17.6 Å². The number of furan rings is 1. The first-order chi connectivity index (χ1) is 15.3. The molecule has 0 fully saturated rings. The molecule has 1 aromatic heterocycles. The fourth-order valence-corrected chi connectivity index (χ4v) is 5.53. The van der Waals surface area contributed by atoms with Crippen LogP contribution in [0.25, 0.3) is 0 Å². The lowest BCUT2D eigenvalue weighted by atomic mass is 10.2. The van der Waals surface area contributed by atoms with Gasteiger partial charge < -0.3 is 9.73 Å². The van der Waals surface area contributed by atoms with E-state index in [1.807, 2.05) is 19.1 Å². The molecule has 1 amide bonds. The Morgan fingerprint density at radius 1 is 1.09 bits per heavy atom. The molecule has 0 unspecified atom stereocenters. The number of aryl methyl sites for hydroxylation is 1. The average molecular weight is 513 g/mol. The van der Waals surface area contributed by atoms with Crippen LogP contribution in [0.3, 0.4) is 0 Å². The third kappa shape index (κ3) is 6.68. The number of rotatable bonds is 10. The van der Waals surface area contributed by atoms with Gasteiger partial charge in [0, 0.05) is 22.3 Å². The summed E-state index contributed by atoms with van der Waals surface area (Å²) in [6.45, 7) is 1.84. The predicted octanol–water partition coefficient (Wildman–Crippen LogP) is 5.14. The van der Waals surface area contributed by atoms with E-state index in [1.54, 1.807) is 30.2 Å². The van der Waals surface area contributed by atoms with Crippen molar-refractivity contribution in [1.82, 2.24) is 5.32 Å². The van der Waals surface area contributed by atoms with E-state index in [1.165, 1.54) is 30.3 Å². The van der Waals surface area contributed by atoms with Gasteiger partial charge in [-0.15, -0.1) is 0 Å². The van der Waals surface area contributed by atoms with Crippen LogP contribution in [0.4, 0.5) is 5.69 Å². The molecule has 32 heavy (non-hydrogen) atoms. The van der Waals surface area contributed by atoms with E-state index >= 15 is 0 Å². The van der Waals surface area contributed by atoms with Crippen molar-refractivity contribution in [3.05, 3.63) is 82.2 Å². The normalized spacial score (nSPS) is 11.3. The Balaban J connectivity index is 1.72. The van der Waals surface area contributed by atoms with Gasteiger partial charge in [-0.1, -0.05) is 40.9 Å². The number of amides is 1. The summed E-state index contributed by atoms with van der Waals surface area (Å²) in [5.74, 6) is 1.77. The van der Waals surface area contributed by atoms with Crippen LogP contribution in [0.15, 0.2) is 70.2 Å². The van der Waals surface area contributed by atoms with E-state index in [-0.39, 0.29) is 20.6 Å². The fraction of sp³-hybridized carbons (Fsp3) is 0.227. The van der Waals surface area contributed by atoms with Gasteiger partial charge in [-0.25, -0.2) is 8.42 Å². The van der Waals surface area contributed by atoms with Gasteiger partial charge in [0.05, 0.1) is 22.6 Å². The number of carbonyl (C=O) groups excluding carboxylic acids is 1. The first kappa shape index (κ1) is 24.5. The molecular weight excluding hydrogens is 491 g/mol. The largest absolute Gasteiger partial charge is 0.468 e. The Morgan fingerprint density at radius 3 is 2.41 bits per heavy atom. The van der Waals surface area contributed by atoms with Gasteiger partial charge in [0.15, 0.2) is 0 Å². The summed E-state index contributed by atoms with van der Waals surface area (Å²) >= 11 is 13.8. The van der Waals surface area contributed by atoms with Gasteiger partial charge in [0.1, 0.15) is 12.3 Å². The molecule has 0 bridgehead atoms. The van der Waals surface area contributed by atoms with Crippen molar-refractivity contribution in [2.24, 2.45) is 0 Å². The second kappa shape index (κ2) is 11.1. The van der Waals surface area contributed by atoms with Crippen LogP contribution in [0.2, 0.25) is 10.0 Å². The Kier molecular flexibility index (Phi) is 8.53. The maximum atomic E-state index is 13.4. The van der Waals surface area contributed by atoms with E-state index in [0.717, 1.165) is 15.6 Å². The minimum Gasteiger partial charge on any atom is -0.468 e. The van der Waals surface area contributed by atoms with Crippen LogP contribution >= 0.6 is 35.0 Å². The Morgan fingerprint density at radius 2 is 1.78 bits per heavy atom. The minimum atomic E-state index is -4.03. The van der Waals surface area contributed by atoms with E-state index in [4.69, 9.17) is 27.6 Å². The highest BCUT2D eigenvalue weighted by molar-refractivity contribution is 7.98. The van der Waals surface area contributed by atoms with Crippen LogP contribution < -0.4 is 9.62 Å². The summed E-state index contributed by atoms with van der Waals surface area (Å²) in [4.78, 5) is 12.7. The molecule has 0 saturated carbocycles. The molecule has 6 nitrogen and oxygen atoms in total. The molecule has 3 rings (SSSR count). The second-order valence-electron chi connectivity index (χ2n) is 6.93. The zero-order chi connectivity index (χ0) is 23.1. The molecule has 1 heterocycles. The molecular formula is C22H22Cl2N2O4S2. The van der Waals surface area contributed by atoms with E-state index in [0.29, 0.717) is 18.1 Å². The number of carbonyl (C=O) groups is 1. The number of nitrogens with one attached hydrogen (secondary N) is 1. The summed E-state index contributed by atoms with van der Waals surface area (Å²) in [5, 5.41) is 3.30. The summed E-state index contributed by atoms with van der Waals surface area (Å²) in [6.07, 6.45) is 1.61. The number of benzene rings is 2. The zero-order valence-corrected chi connectivity index (χ0v) is 20.4. The molecule has 0 saturated heterocycles. The van der Waals surface area contributed by atoms with Gasteiger partial charge in [-0.3, -0.25) is 9.10 Å². The smallest absolute Gasteiger partial charge is 0.264 e. The number of anilines is 1. The standard InChI is InChI=1S/C22H22Cl2N2O4S2/c1-16-4-6-21(7-5-16)32(28,29)26(19-12-17(23)11-18(24)13-19)14-22(27)25-8-10-31-15-20-3-2-9-30-20/h2-7,9,11-13H,8,10,14-15H2,1H3,(H,25,27). The maximum Gasteiger partial charge on any atom is 0.264 e. The van der Waals surface area contributed by atoms with Gasteiger partial charge in [0.2, 0.25) is 5.91 Å². The number of hydrogen-bond acceptors (Lipinski definition) is 5. The number of sulfonamides is 1. The molecule has 3 aromatic rings. The summed E-state index contributed by atoms with van der Waals surface area (Å²) in [7, 11) is -4.03. The van der Waals surface area contributed by atoms with Crippen LogP contribution in [-0.4, -0.2) is 33.2 Å². The third-order valence-electron chi connectivity index (χ3n) is 4.42. The number of nitrogens with zero attached hydrogens (tertiary/aromatic N) is 1. The van der Waals surface area contributed by atoms with Crippen LogP contribution in [0.5, 0.6) is 0 Å². The predicted molar refractivity (Wildman–Crippen MR) is 130 cm³/mol. The Bertz CT molecular complexity index is 1130. The van der Waals surface area contributed by atoms with Crippen LogP contribution in [0.1, 0.15) is 11.3 Å². The molecule has 0 spiro atoms. The molecule has 170 valence electrons. The van der Waals surface area contributed by atoms with Crippen molar-refractivity contribution in [1.29, 1.82) is 0 Å². The average Bonchev–Trinajstić information content (AvgIpc) is 3.25. The maximum absolute atomic E-state index is 13.4. The molecule has 0 aliphatic carbocycles. The van der Waals surface area contributed by atoms with Gasteiger partial charge >= 0.3 is 0 Å². The Labute approximate surface area is 201 Å². The zero-order valence-electron chi connectivity index (χ0n) is 17.3. The lowest BCUT2D eigenvalue weighted by Crippen LogP contribution is -2.41. The first-order valence-corrected chi connectivity index (χ1v) is 13.0. The number of halogens is 2. The third-order valence-corrected chi connectivity index (χ3v) is 7.63. The fourth-order valence-electron chi connectivity index (χ4n) is 2.85. The summed E-state index contributed by atoms with van der Waals surface area (Å²) in [6, 6.07) is 14.5. The van der Waals surface area contributed by atoms with Crippen molar-refractivity contribution in [2.75, 3.05) is 23.1 Å². The SMILES string of the molecule is Cc1ccc(S(=O)(=O)N(CC(=O)NCCSCc2ccco2)c2cc(Cl)cc(Cl)c2)cc1. The number of hydrogen-bond donors (Lipinski definition) is 1. The monoisotopic (exact) mass is 512 g/mol. The van der Waals surface area contributed by atoms with Gasteiger partial charge in [0.25, 0.3) is 10.0 Å². The minimum absolute atomic E-state index is 0.0704. The molecule has 0 aliphatic heterocycles. The molecule has 10 heteroatoms. The lowest BCUT2D eigenvalue weighted by Gasteiger charge is -2.24. The molecule has 2 aromatic carbocycles. The topological polar surface area (TPSA) is 79.6 Å². The lowest BCUT2D eigenvalue weighted by molar-refractivity contribution is -0.119. The summed E-state index contributed by atoms with van der Waals surface area (Å²) < 4.78 is 33.0. The van der Waals surface area contributed by atoms with Crippen molar-refractivity contribution in [3.8, 4) is 0 Å². The highest BCUT2D eigenvalue weighted by atomic mass is 35.5. The van der Waals surface area contributed by atoms with E-state index in [2.05, 4.69) is 5.32 Å². The van der Waals surface area contributed by atoms with Gasteiger partial charge in [-0.2, -0.15) is 11.8 Å². The summed E-state index contributed by atoms with van der Waals surface area (Å²) in [5.41, 5.74) is 1.14. The second-order valence-corrected chi connectivity index (χ2v) is 10.8. The highest BCUT2D eigenvalue weighted by Crippen LogP contribution is 2.29. The van der Waals surface area contributed by atoms with E-state index < -0.39 is 22.5 Å².